The zero-order chi connectivity index (χ0) is 17.0. The van der Waals surface area contributed by atoms with Crippen LogP contribution in [-0.2, 0) is 14.8 Å². The van der Waals surface area contributed by atoms with E-state index in [1.165, 1.54) is 10.4 Å². The minimum Gasteiger partial charge on any atom is -0.490 e. The second kappa shape index (κ2) is 7.18. The van der Waals surface area contributed by atoms with Gasteiger partial charge in [-0.05, 0) is 24.6 Å². The topological polar surface area (TPSA) is 87.2 Å². The summed E-state index contributed by atoms with van der Waals surface area (Å²) in [5, 5.41) is 8.82. The van der Waals surface area contributed by atoms with E-state index in [2.05, 4.69) is 0 Å². The lowest BCUT2D eigenvalue weighted by Crippen LogP contribution is -2.34. The first-order valence-corrected chi connectivity index (χ1v) is 9.00. The van der Waals surface area contributed by atoms with Crippen LogP contribution in [0.15, 0.2) is 23.1 Å². The molecule has 1 aromatic carbocycles. The van der Waals surface area contributed by atoms with Gasteiger partial charge in [-0.3, -0.25) is 4.79 Å². The Morgan fingerprint density at radius 2 is 2.13 bits per heavy atom. The maximum absolute atomic E-state index is 12.8. The molecule has 0 fully saturated rings. The molecule has 0 unspecified atom stereocenters. The Hall–Kier alpha value is -1.80. The predicted molar refractivity (Wildman–Crippen MR) is 86.5 cm³/mol. The van der Waals surface area contributed by atoms with E-state index in [-0.39, 0.29) is 17.9 Å². The molecule has 128 valence electrons. The molecule has 0 radical (unpaired) electrons. The first kappa shape index (κ1) is 17.6. The molecule has 1 aliphatic rings. The van der Waals surface area contributed by atoms with Crippen molar-refractivity contribution in [2.75, 3.05) is 38.2 Å². The van der Waals surface area contributed by atoms with Crippen LogP contribution in [0, 0.1) is 0 Å². The zero-order valence-corrected chi connectivity index (χ0v) is 14.2. The summed E-state index contributed by atoms with van der Waals surface area (Å²) in [7, 11) is -1.85. The van der Waals surface area contributed by atoms with E-state index in [1.807, 2.05) is 18.9 Å². The molecule has 0 saturated carbocycles. The maximum Gasteiger partial charge on any atom is 0.304 e. The molecule has 0 aromatic heterocycles. The highest BCUT2D eigenvalue weighted by molar-refractivity contribution is 7.89. The Morgan fingerprint density at radius 1 is 1.39 bits per heavy atom. The van der Waals surface area contributed by atoms with Gasteiger partial charge in [-0.15, -0.1) is 0 Å². The van der Waals surface area contributed by atoms with Crippen molar-refractivity contribution in [2.24, 2.45) is 0 Å². The van der Waals surface area contributed by atoms with Crippen LogP contribution in [0.3, 0.4) is 0 Å². The highest BCUT2D eigenvalue weighted by Gasteiger charge is 2.26. The molecule has 1 heterocycles. The molecule has 8 heteroatoms. The summed E-state index contributed by atoms with van der Waals surface area (Å²) >= 11 is 0. The summed E-state index contributed by atoms with van der Waals surface area (Å²) < 4.78 is 32.4. The molecule has 1 aliphatic heterocycles. The number of hydrogen-bond donors (Lipinski definition) is 1. The lowest BCUT2D eigenvalue weighted by Gasteiger charge is -2.28. The molecule has 23 heavy (non-hydrogen) atoms. The van der Waals surface area contributed by atoms with Gasteiger partial charge >= 0.3 is 5.97 Å². The molecular formula is C15H22N2O5S. The van der Waals surface area contributed by atoms with Gasteiger partial charge in [0.05, 0.1) is 23.5 Å². The zero-order valence-electron chi connectivity index (χ0n) is 13.4. The number of aliphatic carboxylic acids is 1. The highest BCUT2D eigenvalue weighted by atomic mass is 32.2. The number of ether oxygens (including phenoxy) is 1. The average molecular weight is 342 g/mol. The highest BCUT2D eigenvalue weighted by Crippen LogP contribution is 2.33. The van der Waals surface area contributed by atoms with Crippen LogP contribution in [-0.4, -0.2) is 57.1 Å². The molecule has 2 rings (SSSR count). The molecule has 0 aliphatic carbocycles. The van der Waals surface area contributed by atoms with E-state index >= 15 is 0 Å². The predicted octanol–water partition coefficient (Wildman–Crippen LogP) is 1.39. The quantitative estimate of drug-likeness (QED) is 0.806. The number of carboxylic acids is 1. The van der Waals surface area contributed by atoms with Gasteiger partial charge in [-0.25, -0.2) is 8.42 Å². The van der Waals surface area contributed by atoms with E-state index < -0.39 is 16.0 Å². The molecule has 0 saturated heterocycles. The third kappa shape index (κ3) is 3.94. The van der Waals surface area contributed by atoms with Crippen molar-refractivity contribution in [3.63, 3.8) is 0 Å². The van der Waals surface area contributed by atoms with E-state index in [0.717, 1.165) is 5.69 Å². The molecule has 0 bridgehead atoms. The van der Waals surface area contributed by atoms with E-state index in [0.29, 0.717) is 31.9 Å². The van der Waals surface area contributed by atoms with Crippen LogP contribution >= 0.6 is 0 Å². The van der Waals surface area contributed by atoms with Gasteiger partial charge in [0.25, 0.3) is 0 Å². The molecule has 7 nitrogen and oxygen atoms in total. The number of carbonyl (C=O) groups is 1. The first-order chi connectivity index (χ1) is 10.9. The van der Waals surface area contributed by atoms with Crippen molar-refractivity contribution < 1.29 is 23.1 Å². The second-order valence-electron chi connectivity index (χ2n) is 5.45. The molecule has 1 N–H and O–H groups in total. The minimum absolute atomic E-state index is 0.0328. The lowest BCUT2D eigenvalue weighted by atomic mass is 10.2. The Balaban J connectivity index is 2.33. The monoisotopic (exact) mass is 342 g/mol. The van der Waals surface area contributed by atoms with Crippen LogP contribution < -0.4 is 9.64 Å². The van der Waals surface area contributed by atoms with Crippen LogP contribution in [0.2, 0.25) is 0 Å². The van der Waals surface area contributed by atoms with E-state index in [9.17, 15) is 13.2 Å². The number of hydrogen-bond acceptors (Lipinski definition) is 5. The SMILES string of the molecule is CCCN(CCC(=O)O)S(=O)(=O)c1ccc2c(c1)N(C)CCO2. The summed E-state index contributed by atoms with van der Waals surface area (Å²) in [5.41, 5.74) is 0.729. The van der Waals surface area contributed by atoms with Crippen molar-refractivity contribution in [1.82, 2.24) is 4.31 Å². The van der Waals surface area contributed by atoms with Crippen LogP contribution in [0.1, 0.15) is 19.8 Å². The molecule has 0 spiro atoms. The number of fused-ring (bicyclic) bond motifs is 1. The van der Waals surface area contributed by atoms with Crippen molar-refractivity contribution in [3.8, 4) is 5.75 Å². The van der Waals surface area contributed by atoms with E-state index in [4.69, 9.17) is 9.84 Å². The number of nitrogens with zero attached hydrogens (tertiary/aromatic N) is 2. The van der Waals surface area contributed by atoms with Gasteiger partial charge in [-0.1, -0.05) is 6.92 Å². The summed E-state index contributed by atoms with van der Waals surface area (Å²) in [6.07, 6.45) is 0.403. The normalized spacial score (nSPS) is 14.5. The largest absolute Gasteiger partial charge is 0.490 e. The van der Waals surface area contributed by atoms with Crippen molar-refractivity contribution in [3.05, 3.63) is 18.2 Å². The number of benzene rings is 1. The van der Waals surface area contributed by atoms with Gasteiger partial charge in [-0.2, -0.15) is 4.31 Å². The lowest BCUT2D eigenvalue weighted by molar-refractivity contribution is -0.137. The minimum atomic E-state index is -3.73. The van der Waals surface area contributed by atoms with Gasteiger partial charge < -0.3 is 14.7 Å². The second-order valence-corrected chi connectivity index (χ2v) is 7.39. The standard InChI is InChI=1S/C15H22N2O5S/c1-3-7-17(8-6-15(18)19)23(20,21)12-4-5-14-13(11-12)16(2)9-10-22-14/h4-5,11H,3,6-10H2,1-2H3,(H,18,19). The third-order valence-corrected chi connectivity index (χ3v) is 5.61. The van der Waals surface area contributed by atoms with Crippen LogP contribution in [0.25, 0.3) is 0 Å². The number of anilines is 1. The van der Waals surface area contributed by atoms with Crippen molar-refractivity contribution >= 4 is 21.7 Å². The Morgan fingerprint density at radius 3 is 2.78 bits per heavy atom. The fourth-order valence-electron chi connectivity index (χ4n) is 2.46. The fraction of sp³-hybridized carbons (Fsp3) is 0.533. The van der Waals surface area contributed by atoms with Gasteiger partial charge in [0.1, 0.15) is 12.4 Å². The van der Waals surface area contributed by atoms with Gasteiger partial charge in [0, 0.05) is 20.1 Å². The van der Waals surface area contributed by atoms with E-state index in [1.54, 1.807) is 12.1 Å². The fourth-order valence-corrected chi connectivity index (χ4v) is 4.02. The third-order valence-electron chi connectivity index (χ3n) is 3.71. The summed E-state index contributed by atoms with van der Waals surface area (Å²) in [5.74, 6) is -0.356. The number of likely N-dealkylation sites (N-methyl/N-ethyl adjacent to an activating group) is 1. The first-order valence-electron chi connectivity index (χ1n) is 7.56. The van der Waals surface area contributed by atoms with Crippen molar-refractivity contribution in [1.29, 1.82) is 0 Å². The smallest absolute Gasteiger partial charge is 0.304 e. The number of rotatable bonds is 7. The molecule has 1 aromatic rings. The molecular weight excluding hydrogens is 320 g/mol. The number of sulfonamides is 1. The molecule has 0 amide bonds. The van der Waals surface area contributed by atoms with Crippen LogP contribution in [0.4, 0.5) is 5.69 Å². The summed E-state index contributed by atoms with van der Waals surface area (Å²) in [6, 6.07) is 4.75. The number of carboxylic acid groups (broad SMARTS) is 1. The average Bonchev–Trinajstić information content (AvgIpc) is 2.51. The maximum atomic E-state index is 12.8. The Kier molecular flexibility index (Phi) is 5.48. The Labute approximate surface area is 136 Å². The van der Waals surface area contributed by atoms with Crippen LogP contribution in [0.5, 0.6) is 5.75 Å². The van der Waals surface area contributed by atoms with Crippen molar-refractivity contribution in [2.45, 2.75) is 24.7 Å². The summed E-state index contributed by atoms with van der Waals surface area (Å²) in [4.78, 5) is 12.9. The molecule has 0 atom stereocenters. The van der Waals surface area contributed by atoms with Gasteiger partial charge in [0.15, 0.2) is 0 Å². The van der Waals surface area contributed by atoms with Gasteiger partial charge in [0.2, 0.25) is 10.0 Å². The summed E-state index contributed by atoms with van der Waals surface area (Å²) in [6.45, 7) is 3.37. The Bertz CT molecular complexity index is 674.